The van der Waals surface area contributed by atoms with Crippen LogP contribution in [0.4, 0.5) is 0 Å². The van der Waals surface area contributed by atoms with Crippen molar-refractivity contribution in [2.75, 3.05) is 44.3 Å². The van der Waals surface area contributed by atoms with E-state index in [1.807, 2.05) is 34.9 Å². The first-order valence-electron chi connectivity index (χ1n) is 11.3. The monoisotopic (exact) mass is 585 g/mol. The lowest BCUT2D eigenvalue weighted by atomic mass is 10.1. The number of hydrogen-bond acceptors (Lipinski definition) is 7. The lowest BCUT2D eigenvalue weighted by Gasteiger charge is -2.24. The average Bonchev–Trinajstić information content (AvgIpc) is 3.47. The molecule has 2 aromatic heterocycles. The third-order valence-corrected chi connectivity index (χ3v) is 8.28. The Morgan fingerprint density at radius 1 is 1.14 bits per heavy atom. The van der Waals surface area contributed by atoms with Crippen molar-refractivity contribution in [2.24, 2.45) is 0 Å². The number of imidazole rings is 1. The van der Waals surface area contributed by atoms with Crippen LogP contribution in [0.25, 0.3) is 22.4 Å². The van der Waals surface area contributed by atoms with Gasteiger partial charge in [0.25, 0.3) is 0 Å². The molecule has 4 heterocycles. The predicted octanol–water partition coefficient (Wildman–Crippen LogP) is 4.09. The average molecular weight is 587 g/mol. The number of hydrogen-bond donors (Lipinski definition) is 1. The van der Waals surface area contributed by atoms with Crippen molar-refractivity contribution in [3.8, 4) is 17.3 Å². The summed E-state index contributed by atoms with van der Waals surface area (Å²) < 4.78 is 26.6. The SMILES string of the molecule is CS(C)(C)CCOCn1c(O[C@@H]2CO[C@H]3[C@@H]2OC[C@H]3O)nc2nc(-c3ccc(Br)cc3)c(Cl)cc21. The zero-order valence-electron chi connectivity index (χ0n) is 19.8. The topological polar surface area (TPSA) is 87.9 Å². The Morgan fingerprint density at radius 2 is 1.89 bits per heavy atom. The molecule has 2 aliphatic heterocycles. The Morgan fingerprint density at radius 3 is 2.63 bits per heavy atom. The number of aliphatic hydroxyl groups is 1. The van der Waals surface area contributed by atoms with Crippen LogP contribution in [0, 0.1) is 0 Å². The number of fused-ring (bicyclic) bond motifs is 2. The van der Waals surface area contributed by atoms with E-state index < -0.39 is 22.2 Å². The molecule has 1 N–H and O–H groups in total. The Hall–Kier alpha value is -1.40. The predicted molar refractivity (Wildman–Crippen MR) is 142 cm³/mol. The van der Waals surface area contributed by atoms with Crippen molar-refractivity contribution in [2.45, 2.75) is 31.1 Å². The zero-order valence-corrected chi connectivity index (χ0v) is 23.0. The number of benzene rings is 1. The van der Waals surface area contributed by atoms with Crippen molar-refractivity contribution in [3.05, 3.63) is 39.8 Å². The van der Waals surface area contributed by atoms with Gasteiger partial charge >= 0.3 is 6.01 Å². The first-order chi connectivity index (χ1) is 16.7. The number of halogens is 2. The highest BCUT2D eigenvalue weighted by Gasteiger charge is 2.48. The molecule has 1 aromatic carbocycles. The van der Waals surface area contributed by atoms with Crippen molar-refractivity contribution >= 4 is 48.7 Å². The molecule has 0 saturated carbocycles. The van der Waals surface area contributed by atoms with Crippen LogP contribution in [-0.2, 0) is 20.9 Å². The molecule has 3 aromatic rings. The minimum absolute atomic E-state index is 0.234. The fraction of sp³-hybridized carbons (Fsp3) is 0.500. The van der Waals surface area contributed by atoms with E-state index in [0.29, 0.717) is 35.6 Å². The highest BCUT2D eigenvalue weighted by atomic mass is 79.9. The summed E-state index contributed by atoms with van der Waals surface area (Å²) in [6.07, 6.45) is 5.00. The number of ether oxygens (including phenoxy) is 4. The Balaban J connectivity index is 1.46. The summed E-state index contributed by atoms with van der Waals surface area (Å²) in [6, 6.07) is 10.0. The molecule has 2 saturated heterocycles. The molecular formula is C24H29BrClN3O5S. The molecule has 4 atom stereocenters. The highest BCUT2D eigenvalue weighted by molar-refractivity contribution is 9.10. The molecule has 0 unspecified atom stereocenters. The van der Waals surface area contributed by atoms with E-state index in [-0.39, 0.29) is 25.5 Å². The van der Waals surface area contributed by atoms with Crippen molar-refractivity contribution in [1.82, 2.24) is 14.5 Å². The second-order valence-electron chi connectivity index (χ2n) is 9.64. The van der Waals surface area contributed by atoms with Crippen LogP contribution in [0.1, 0.15) is 0 Å². The second kappa shape index (κ2) is 10.2. The van der Waals surface area contributed by atoms with Gasteiger partial charge in [-0.3, -0.25) is 4.57 Å². The number of nitrogens with zero attached hydrogens (tertiary/aromatic N) is 3. The Bertz CT molecular complexity index is 1200. The minimum atomic E-state index is -0.672. The first-order valence-corrected chi connectivity index (χ1v) is 15.5. The molecule has 11 heteroatoms. The molecular weight excluding hydrogens is 558 g/mol. The third-order valence-electron chi connectivity index (χ3n) is 6.08. The van der Waals surface area contributed by atoms with E-state index in [9.17, 15) is 5.11 Å². The number of rotatable bonds is 8. The molecule has 8 nitrogen and oxygen atoms in total. The minimum Gasteiger partial charge on any atom is -0.456 e. The van der Waals surface area contributed by atoms with Crippen molar-refractivity contribution < 1.29 is 24.1 Å². The van der Waals surface area contributed by atoms with Gasteiger partial charge in [0, 0.05) is 15.8 Å². The third kappa shape index (κ3) is 5.49. The number of aromatic nitrogens is 3. The van der Waals surface area contributed by atoms with Crippen LogP contribution >= 0.6 is 37.6 Å². The molecule has 0 aliphatic carbocycles. The second-order valence-corrected chi connectivity index (χ2v) is 15.6. The maximum atomic E-state index is 10.1. The van der Waals surface area contributed by atoms with Crippen LogP contribution in [0.3, 0.4) is 0 Å². The number of pyridine rings is 1. The number of aliphatic hydroxyl groups excluding tert-OH is 1. The highest BCUT2D eigenvalue weighted by Crippen LogP contribution is 2.35. The van der Waals surface area contributed by atoms with E-state index in [2.05, 4.69) is 34.7 Å². The van der Waals surface area contributed by atoms with Gasteiger partial charge < -0.3 is 24.1 Å². The van der Waals surface area contributed by atoms with Gasteiger partial charge in [-0.05, 0) is 37.0 Å². The van der Waals surface area contributed by atoms with Crippen LogP contribution in [-0.4, -0.2) is 88.4 Å². The normalized spacial score (nSPS) is 24.7. The van der Waals surface area contributed by atoms with Crippen LogP contribution in [0.15, 0.2) is 34.8 Å². The molecule has 0 radical (unpaired) electrons. The molecule has 5 rings (SSSR count). The van der Waals surface area contributed by atoms with E-state index in [1.54, 1.807) is 0 Å². The van der Waals surface area contributed by atoms with Crippen molar-refractivity contribution in [1.29, 1.82) is 0 Å². The van der Waals surface area contributed by atoms with Gasteiger partial charge in [0.15, 0.2) is 11.8 Å². The van der Waals surface area contributed by atoms with Crippen LogP contribution in [0.5, 0.6) is 6.01 Å². The summed E-state index contributed by atoms with van der Waals surface area (Å²) in [5.41, 5.74) is 2.76. The summed E-state index contributed by atoms with van der Waals surface area (Å²) in [6.45, 7) is 1.42. The zero-order chi connectivity index (χ0) is 24.7. The van der Waals surface area contributed by atoms with E-state index in [1.165, 1.54) is 0 Å². The largest absolute Gasteiger partial charge is 0.456 e. The molecule has 0 amide bonds. The summed E-state index contributed by atoms with van der Waals surface area (Å²) in [4.78, 5) is 9.46. The molecule has 2 aliphatic rings. The summed E-state index contributed by atoms with van der Waals surface area (Å²) >= 11 is 10.1. The van der Waals surface area contributed by atoms with Gasteiger partial charge in [0.05, 0.1) is 36.1 Å². The van der Waals surface area contributed by atoms with Crippen LogP contribution < -0.4 is 4.74 Å². The standard InChI is InChI=1S/C24H29BrClN3O5S/c1-35(2,3)9-8-31-13-29-17-10-16(26)20(14-4-6-15(25)7-5-14)27-23(17)28-24(29)34-19-12-33-21-18(30)11-32-22(19)21/h4-7,10,18-19,21-22,30H,8-9,11-13H2,1-3H3/t18-,19-,21-,22-/m1/s1. The summed E-state index contributed by atoms with van der Waals surface area (Å²) in [5.74, 6) is 0.995. The quantitative estimate of drug-likeness (QED) is 0.398. The fourth-order valence-corrected chi connectivity index (χ4v) is 5.31. The molecule has 0 bridgehead atoms. The van der Waals surface area contributed by atoms with Gasteiger partial charge in [0.2, 0.25) is 0 Å². The lowest BCUT2D eigenvalue weighted by molar-refractivity contribution is 0.00347. The maximum Gasteiger partial charge on any atom is 0.301 e. The fourth-order valence-electron chi connectivity index (χ4n) is 4.17. The van der Waals surface area contributed by atoms with E-state index in [0.717, 1.165) is 21.3 Å². The van der Waals surface area contributed by atoms with Crippen molar-refractivity contribution in [3.63, 3.8) is 0 Å². The van der Waals surface area contributed by atoms with Gasteiger partial charge in [-0.2, -0.15) is 4.98 Å². The van der Waals surface area contributed by atoms with Gasteiger partial charge in [-0.1, -0.05) is 39.7 Å². The maximum absolute atomic E-state index is 10.1. The Labute approximate surface area is 219 Å². The Kier molecular flexibility index (Phi) is 7.33. The summed E-state index contributed by atoms with van der Waals surface area (Å²) in [7, 11) is -0.672. The van der Waals surface area contributed by atoms with Gasteiger partial charge in [0.1, 0.15) is 25.0 Å². The summed E-state index contributed by atoms with van der Waals surface area (Å²) in [5, 5.41) is 10.6. The molecule has 35 heavy (non-hydrogen) atoms. The van der Waals surface area contributed by atoms with E-state index in [4.69, 9.17) is 40.5 Å². The lowest BCUT2D eigenvalue weighted by Crippen LogP contribution is -2.35. The smallest absolute Gasteiger partial charge is 0.301 e. The van der Waals surface area contributed by atoms with Gasteiger partial charge in [-0.15, -0.1) is 0 Å². The van der Waals surface area contributed by atoms with E-state index >= 15 is 0 Å². The molecule has 2 fully saturated rings. The van der Waals surface area contributed by atoms with Crippen LogP contribution in [0.2, 0.25) is 5.02 Å². The van der Waals surface area contributed by atoms with Gasteiger partial charge in [-0.25, -0.2) is 15.0 Å². The molecule has 0 spiro atoms. The first kappa shape index (κ1) is 25.3. The molecule has 190 valence electrons.